The lowest BCUT2D eigenvalue weighted by molar-refractivity contribution is -0.137. The van der Waals surface area contributed by atoms with Gasteiger partial charge < -0.3 is 15.7 Å². The number of hydrogen-bond acceptors (Lipinski definition) is 7. The van der Waals surface area contributed by atoms with Gasteiger partial charge in [0.15, 0.2) is 0 Å². The maximum atomic E-state index is 12.3. The zero-order chi connectivity index (χ0) is 24.1. The van der Waals surface area contributed by atoms with Crippen LogP contribution in [-0.2, 0) is 14.4 Å². The number of nitrogens with one attached hydrogen (secondary N) is 2. The van der Waals surface area contributed by atoms with E-state index in [9.17, 15) is 24.0 Å². The summed E-state index contributed by atoms with van der Waals surface area (Å²) < 4.78 is 0. The molecule has 33 heavy (non-hydrogen) atoms. The molecule has 0 aliphatic heterocycles. The summed E-state index contributed by atoms with van der Waals surface area (Å²) in [6, 6.07) is 17.1. The van der Waals surface area contributed by atoms with Crippen molar-refractivity contribution in [3.63, 3.8) is 0 Å². The first-order valence-electron chi connectivity index (χ1n) is 10.1. The molecule has 0 bridgehead atoms. The van der Waals surface area contributed by atoms with E-state index in [0.717, 1.165) is 23.5 Å². The molecule has 2 rings (SSSR count). The minimum atomic E-state index is -0.987. The minimum Gasteiger partial charge on any atom is -0.481 e. The Kier molecular flexibility index (Phi) is 11.2. The van der Waals surface area contributed by atoms with Crippen LogP contribution in [0, 0.1) is 0 Å². The van der Waals surface area contributed by atoms with Crippen LogP contribution < -0.4 is 10.6 Å². The number of thioether (sulfide) groups is 2. The van der Waals surface area contributed by atoms with Crippen LogP contribution in [-0.4, -0.2) is 50.8 Å². The number of hydrogen-bond donors (Lipinski definition) is 3. The summed E-state index contributed by atoms with van der Waals surface area (Å²) in [5.41, 5.74) is 0.948. The molecule has 8 nitrogen and oxygen atoms in total. The van der Waals surface area contributed by atoms with E-state index >= 15 is 0 Å². The standard InChI is InChI=1S/C23H24N2O6S2/c26-19(14-32-22(30)16-8-3-1-4-9-16)24-18(12-7-13-21(28)29)25-20(27)15-33-23(31)17-10-5-2-6-11-17/h1-6,8-11,18H,7,12-15H2,(H,24,26)(H,25,27)(H,28,29). The molecular formula is C23H24N2O6S2. The third-order valence-electron chi connectivity index (χ3n) is 4.24. The highest BCUT2D eigenvalue weighted by Crippen LogP contribution is 2.13. The lowest BCUT2D eigenvalue weighted by atomic mass is 10.2. The van der Waals surface area contributed by atoms with Crippen molar-refractivity contribution in [3.05, 3.63) is 71.8 Å². The smallest absolute Gasteiger partial charge is 0.303 e. The topological polar surface area (TPSA) is 130 Å². The van der Waals surface area contributed by atoms with Crippen molar-refractivity contribution < 1.29 is 29.1 Å². The summed E-state index contributed by atoms with van der Waals surface area (Å²) in [5, 5.41) is 13.6. The molecule has 0 fully saturated rings. The predicted octanol–water partition coefficient (Wildman–Crippen LogP) is 2.95. The quantitative estimate of drug-likeness (QED) is 0.389. The van der Waals surface area contributed by atoms with E-state index in [4.69, 9.17) is 5.11 Å². The van der Waals surface area contributed by atoms with Gasteiger partial charge in [-0.05, 0) is 12.8 Å². The monoisotopic (exact) mass is 488 g/mol. The number of benzene rings is 2. The minimum absolute atomic E-state index is 0.120. The molecule has 0 aromatic heterocycles. The average molecular weight is 489 g/mol. The van der Waals surface area contributed by atoms with Gasteiger partial charge in [0.25, 0.3) is 0 Å². The molecule has 0 atom stereocenters. The van der Waals surface area contributed by atoms with E-state index in [1.165, 1.54) is 0 Å². The lowest BCUT2D eigenvalue weighted by Gasteiger charge is -2.20. The van der Waals surface area contributed by atoms with Gasteiger partial charge in [0.1, 0.15) is 6.17 Å². The molecule has 0 aliphatic rings. The zero-order valence-corrected chi connectivity index (χ0v) is 19.3. The van der Waals surface area contributed by atoms with Crippen molar-refractivity contribution in [2.45, 2.75) is 25.4 Å². The molecule has 0 aliphatic carbocycles. The second-order valence-electron chi connectivity index (χ2n) is 6.86. The third kappa shape index (κ3) is 10.4. The number of carboxylic acid groups (broad SMARTS) is 1. The molecule has 10 heteroatoms. The number of carbonyl (C=O) groups is 5. The van der Waals surface area contributed by atoms with E-state index < -0.39 is 23.9 Å². The molecule has 174 valence electrons. The second-order valence-corrected chi connectivity index (χ2v) is 8.75. The maximum absolute atomic E-state index is 12.3. The van der Waals surface area contributed by atoms with Gasteiger partial charge in [-0.25, -0.2) is 0 Å². The van der Waals surface area contributed by atoms with Crippen molar-refractivity contribution in [2.24, 2.45) is 0 Å². The molecule has 0 spiro atoms. The van der Waals surface area contributed by atoms with Crippen LogP contribution in [0.25, 0.3) is 0 Å². The molecule has 3 N–H and O–H groups in total. The number of carbonyl (C=O) groups excluding carboxylic acids is 4. The molecule has 2 aromatic carbocycles. The zero-order valence-electron chi connectivity index (χ0n) is 17.7. The summed E-state index contributed by atoms with van der Waals surface area (Å²) in [5.74, 6) is -2.24. The molecule has 0 heterocycles. The van der Waals surface area contributed by atoms with Crippen LogP contribution in [0.5, 0.6) is 0 Å². The number of amides is 2. The van der Waals surface area contributed by atoms with Gasteiger partial charge in [-0.2, -0.15) is 0 Å². The Labute approximate surface area is 199 Å². The Balaban J connectivity index is 1.85. The highest BCUT2D eigenvalue weighted by molar-refractivity contribution is 8.14. The molecule has 0 radical (unpaired) electrons. The summed E-state index contributed by atoms with van der Waals surface area (Å²) in [6.07, 6.45) is -0.514. The highest BCUT2D eigenvalue weighted by Gasteiger charge is 2.18. The van der Waals surface area contributed by atoms with Crippen LogP contribution in [0.4, 0.5) is 0 Å². The Hall–Kier alpha value is -3.11. The Bertz CT molecular complexity index is 900. The largest absolute Gasteiger partial charge is 0.481 e. The second kappa shape index (κ2) is 14.1. The molecule has 2 aromatic rings. The SMILES string of the molecule is O=C(O)CCCC(NC(=O)CSC(=O)c1ccccc1)NC(=O)CSC(=O)c1ccccc1. The van der Waals surface area contributed by atoms with Crippen LogP contribution in [0.2, 0.25) is 0 Å². The van der Waals surface area contributed by atoms with Gasteiger partial charge in [0, 0.05) is 17.5 Å². The van der Waals surface area contributed by atoms with Gasteiger partial charge in [-0.1, -0.05) is 84.2 Å². The molecular weight excluding hydrogens is 464 g/mol. The van der Waals surface area contributed by atoms with Crippen molar-refractivity contribution in [1.82, 2.24) is 10.6 Å². The summed E-state index contributed by atoms with van der Waals surface area (Å²) in [7, 11) is 0. The van der Waals surface area contributed by atoms with Crippen LogP contribution >= 0.6 is 23.5 Å². The highest BCUT2D eigenvalue weighted by atomic mass is 32.2. The van der Waals surface area contributed by atoms with E-state index in [1.807, 2.05) is 0 Å². The fraction of sp³-hybridized carbons (Fsp3) is 0.261. The van der Waals surface area contributed by atoms with E-state index in [1.54, 1.807) is 60.7 Å². The Morgan fingerprint density at radius 2 is 1.15 bits per heavy atom. The number of rotatable bonds is 12. The van der Waals surface area contributed by atoms with Crippen LogP contribution in [0.1, 0.15) is 40.0 Å². The summed E-state index contributed by atoms with van der Waals surface area (Å²) >= 11 is 1.66. The van der Waals surface area contributed by atoms with Crippen molar-refractivity contribution in [1.29, 1.82) is 0 Å². The molecule has 2 amide bonds. The number of carboxylic acids is 1. The molecule has 0 unspecified atom stereocenters. The molecule has 0 saturated heterocycles. The Morgan fingerprint density at radius 1 is 0.727 bits per heavy atom. The van der Waals surface area contributed by atoms with Crippen LogP contribution in [0.3, 0.4) is 0 Å². The third-order valence-corrected chi connectivity index (χ3v) is 6.05. The fourth-order valence-electron chi connectivity index (χ4n) is 2.69. The van der Waals surface area contributed by atoms with Crippen molar-refractivity contribution in [2.75, 3.05) is 11.5 Å². The lowest BCUT2D eigenvalue weighted by Crippen LogP contribution is -2.49. The van der Waals surface area contributed by atoms with Crippen molar-refractivity contribution >= 4 is 51.5 Å². The molecule has 0 saturated carbocycles. The van der Waals surface area contributed by atoms with Gasteiger partial charge in [0.2, 0.25) is 22.0 Å². The van der Waals surface area contributed by atoms with E-state index in [-0.39, 0.29) is 41.0 Å². The van der Waals surface area contributed by atoms with Gasteiger partial charge in [0.05, 0.1) is 11.5 Å². The maximum Gasteiger partial charge on any atom is 0.303 e. The number of aliphatic carboxylic acids is 1. The van der Waals surface area contributed by atoms with Crippen molar-refractivity contribution in [3.8, 4) is 0 Å². The Morgan fingerprint density at radius 3 is 1.55 bits per heavy atom. The summed E-state index contributed by atoms with van der Waals surface area (Å²) in [6.45, 7) is 0. The van der Waals surface area contributed by atoms with E-state index in [2.05, 4.69) is 10.6 Å². The predicted molar refractivity (Wildman–Crippen MR) is 128 cm³/mol. The first-order valence-corrected chi connectivity index (χ1v) is 12.1. The van der Waals surface area contributed by atoms with E-state index in [0.29, 0.717) is 11.1 Å². The van der Waals surface area contributed by atoms with Gasteiger partial charge in [-0.3, -0.25) is 24.0 Å². The van der Waals surface area contributed by atoms with Gasteiger partial charge in [-0.15, -0.1) is 0 Å². The average Bonchev–Trinajstić information content (AvgIpc) is 2.81. The van der Waals surface area contributed by atoms with Crippen LogP contribution in [0.15, 0.2) is 60.7 Å². The first kappa shape index (κ1) is 26.1. The fourth-order valence-corrected chi connectivity index (χ4v) is 3.98. The normalized spacial score (nSPS) is 10.5. The summed E-state index contributed by atoms with van der Waals surface area (Å²) in [4.78, 5) is 59.7. The van der Waals surface area contributed by atoms with Gasteiger partial charge >= 0.3 is 5.97 Å². The first-order chi connectivity index (χ1) is 15.8.